The topological polar surface area (TPSA) is 29.5 Å². The first-order valence-electron chi connectivity index (χ1n) is 5.74. The van der Waals surface area contributed by atoms with E-state index >= 15 is 0 Å². The van der Waals surface area contributed by atoms with E-state index in [0.717, 1.165) is 5.69 Å². The highest BCUT2D eigenvalue weighted by Gasteiger charge is 2.29. The third-order valence-electron chi connectivity index (χ3n) is 3.38. The van der Waals surface area contributed by atoms with Crippen LogP contribution in [0.1, 0.15) is 17.5 Å². The Morgan fingerprint density at radius 2 is 2.18 bits per heavy atom. The number of amides is 1. The van der Waals surface area contributed by atoms with Crippen LogP contribution in [0.3, 0.4) is 0 Å². The van der Waals surface area contributed by atoms with Crippen LogP contribution in [-0.2, 0) is 22.7 Å². The minimum Gasteiger partial charge on any atom is -0.372 e. The van der Waals surface area contributed by atoms with Crippen molar-refractivity contribution in [2.75, 3.05) is 11.4 Å². The van der Waals surface area contributed by atoms with Gasteiger partial charge in [0, 0.05) is 24.6 Å². The Hall–Kier alpha value is -1.79. The first kappa shape index (κ1) is 10.4. The molecule has 1 amide bonds. The van der Waals surface area contributed by atoms with Crippen LogP contribution >= 0.6 is 0 Å². The van der Waals surface area contributed by atoms with Crippen molar-refractivity contribution < 1.29 is 9.53 Å². The van der Waals surface area contributed by atoms with Crippen molar-refractivity contribution in [1.29, 1.82) is 0 Å². The van der Waals surface area contributed by atoms with Gasteiger partial charge in [0.2, 0.25) is 5.91 Å². The van der Waals surface area contributed by atoms with Crippen LogP contribution in [0.5, 0.6) is 0 Å². The number of fused-ring (bicyclic) bond motifs is 1. The van der Waals surface area contributed by atoms with E-state index in [9.17, 15) is 4.79 Å². The van der Waals surface area contributed by atoms with Crippen molar-refractivity contribution in [3.05, 3.63) is 29.3 Å². The number of hydrogen-bond donors (Lipinski definition) is 0. The molecular formula is C14H13NO2. The number of hydrogen-bond acceptors (Lipinski definition) is 2. The molecule has 0 spiro atoms. The second-order valence-electron chi connectivity index (χ2n) is 4.52. The molecule has 17 heavy (non-hydrogen) atoms. The minimum absolute atomic E-state index is 0.0482. The SMILES string of the molecule is C#CC1CC(=O)N(c2ccc3c(c2)COC3)C1. The van der Waals surface area contributed by atoms with Gasteiger partial charge < -0.3 is 9.64 Å². The van der Waals surface area contributed by atoms with Gasteiger partial charge in [0.05, 0.1) is 13.2 Å². The molecule has 2 aliphatic rings. The van der Waals surface area contributed by atoms with Crippen LogP contribution in [0, 0.1) is 18.3 Å². The monoisotopic (exact) mass is 227 g/mol. The smallest absolute Gasteiger partial charge is 0.228 e. The minimum atomic E-state index is 0.0482. The largest absolute Gasteiger partial charge is 0.372 e. The standard InChI is InChI=1S/C14H13NO2/c1-2-10-5-14(16)15(7-10)13-4-3-11-8-17-9-12(11)6-13/h1,3-4,6,10H,5,7-9H2. The van der Waals surface area contributed by atoms with Crippen LogP contribution in [0.25, 0.3) is 0 Å². The number of rotatable bonds is 1. The molecule has 86 valence electrons. The highest BCUT2D eigenvalue weighted by atomic mass is 16.5. The summed E-state index contributed by atoms with van der Waals surface area (Å²) in [5.74, 6) is 2.82. The van der Waals surface area contributed by atoms with Gasteiger partial charge in [-0.1, -0.05) is 6.07 Å². The lowest BCUT2D eigenvalue weighted by molar-refractivity contribution is -0.117. The lowest BCUT2D eigenvalue weighted by Crippen LogP contribution is -2.24. The third-order valence-corrected chi connectivity index (χ3v) is 3.38. The van der Waals surface area contributed by atoms with Gasteiger partial charge in [-0.25, -0.2) is 0 Å². The van der Waals surface area contributed by atoms with Crippen LogP contribution in [0.15, 0.2) is 18.2 Å². The fourth-order valence-electron chi connectivity index (χ4n) is 2.40. The Morgan fingerprint density at radius 1 is 1.35 bits per heavy atom. The molecule has 0 bridgehead atoms. The number of carbonyl (C=O) groups is 1. The molecule has 1 aromatic carbocycles. The van der Waals surface area contributed by atoms with Crippen molar-refractivity contribution in [1.82, 2.24) is 0 Å². The van der Waals surface area contributed by atoms with E-state index in [-0.39, 0.29) is 11.8 Å². The van der Waals surface area contributed by atoms with Gasteiger partial charge in [0.1, 0.15) is 0 Å². The number of benzene rings is 1. The molecule has 1 aromatic rings. The summed E-state index contributed by atoms with van der Waals surface area (Å²) in [5.41, 5.74) is 3.34. The highest BCUT2D eigenvalue weighted by Crippen LogP contribution is 2.29. The lowest BCUT2D eigenvalue weighted by Gasteiger charge is -2.16. The van der Waals surface area contributed by atoms with Gasteiger partial charge in [-0.2, -0.15) is 0 Å². The van der Waals surface area contributed by atoms with Gasteiger partial charge in [-0.15, -0.1) is 12.3 Å². The van der Waals surface area contributed by atoms with Crippen LogP contribution in [0.2, 0.25) is 0 Å². The van der Waals surface area contributed by atoms with Gasteiger partial charge in [0.15, 0.2) is 0 Å². The summed E-state index contributed by atoms with van der Waals surface area (Å²) in [6, 6.07) is 6.05. The van der Waals surface area contributed by atoms with Gasteiger partial charge in [-0.05, 0) is 23.3 Å². The summed E-state index contributed by atoms with van der Waals surface area (Å²) in [7, 11) is 0. The maximum Gasteiger partial charge on any atom is 0.228 e. The summed E-state index contributed by atoms with van der Waals surface area (Å²) in [6.07, 6.45) is 5.84. The van der Waals surface area contributed by atoms with E-state index in [1.54, 1.807) is 4.90 Å². The van der Waals surface area contributed by atoms with Gasteiger partial charge in [-0.3, -0.25) is 4.79 Å². The molecule has 0 N–H and O–H groups in total. The summed E-state index contributed by atoms with van der Waals surface area (Å²) in [5, 5.41) is 0. The highest BCUT2D eigenvalue weighted by molar-refractivity contribution is 5.96. The molecule has 2 aliphatic heterocycles. The second-order valence-corrected chi connectivity index (χ2v) is 4.52. The fourth-order valence-corrected chi connectivity index (χ4v) is 2.40. The number of nitrogens with zero attached hydrogens (tertiary/aromatic N) is 1. The zero-order chi connectivity index (χ0) is 11.8. The van der Waals surface area contributed by atoms with Crippen molar-refractivity contribution in [3.63, 3.8) is 0 Å². The average molecular weight is 227 g/mol. The van der Waals surface area contributed by atoms with Crippen molar-refractivity contribution in [2.24, 2.45) is 5.92 Å². The summed E-state index contributed by atoms with van der Waals surface area (Å²) < 4.78 is 5.37. The predicted molar refractivity (Wildman–Crippen MR) is 64.2 cm³/mol. The zero-order valence-electron chi connectivity index (χ0n) is 9.48. The molecule has 2 heterocycles. The molecule has 0 aliphatic carbocycles. The molecule has 1 saturated heterocycles. The molecule has 1 fully saturated rings. The van der Waals surface area contributed by atoms with Crippen LogP contribution < -0.4 is 4.90 Å². The molecule has 1 unspecified atom stereocenters. The molecule has 3 rings (SSSR count). The van der Waals surface area contributed by atoms with Crippen molar-refractivity contribution in [2.45, 2.75) is 19.6 Å². The molecule has 1 atom stereocenters. The normalized spacial score (nSPS) is 22.6. The molecule has 0 saturated carbocycles. The summed E-state index contributed by atoms with van der Waals surface area (Å²) in [4.78, 5) is 13.6. The second kappa shape index (κ2) is 3.90. The number of ether oxygens (including phenoxy) is 1. The third kappa shape index (κ3) is 1.71. The number of terminal acetylenes is 1. The van der Waals surface area contributed by atoms with Crippen LogP contribution in [-0.4, -0.2) is 12.5 Å². The fraction of sp³-hybridized carbons (Fsp3) is 0.357. The van der Waals surface area contributed by atoms with Crippen molar-refractivity contribution >= 4 is 11.6 Å². The Balaban J connectivity index is 1.90. The van der Waals surface area contributed by atoms with E-state index in [4.69, 9.17) is 11.2 Å². The maximum atomic E-state index is 11.8. The number of anilines is 1. The molecule has 0 radical (unpaired) electrons. The molecule has 0 aromatic heterocycles. The van der Waals surface area contributed by atoms with Crippen LogP contribution in [0.4, 0.5) is 5.69 Å². The zero-order valence-corrected chi connectivity index (χ0v) is 9.48. The Bertz CT molecular complexity index is 515. The van der Waals surface area contributed by atoms with E-state index in [1.807, 2.05) is 18.2 Å². The number of carbonyl (C=O) groups excluding carboxylic acids is 1. The summed E-state index contributed by atoms with van der Waals surface area (Å²) in [6.45, 7) is 1.95. The van der Waals surface area contributed by atoms with Gasteiger partial charge >= 0.3 is 0 Å². The molecule has 3 heteroatoms. The molecule has 3 nitrogen and oxygen atoms in total. The van der Waals surface area contributed by atoms with E-state index in [2.05, 4.69) is 5.92 Å². The Morgan fingerprint density at radius 3 is 2.94 bits per heavy atom. The van der Waals surface area contributed by atoms with E-state index in [1.165, 1.54) is 11.1 Å². The van der Waals surface area contributed by atoms with E-state index < -0.39 is 0 Å². The summed E-state index contributed by atoms with van der Waals surface area (Å²) >= 11 is 0. The van der Waals surface area contributed by atoms with Crippen molar-refractivity contribution in [3.8, 4) is 12.3 Å². The van der Waals surface area contributed by atoms with E-state index in [0.29, 0.717) is 26.2 Å². The predicted octanol–water partition coefficient (Wildman–Crippen LogP) is 1.70. The maximum absolute atomic E-state index is 11.8. The Labute approximate surface area is 100 Å². The quantitative estimate of drug-likeness (QED) is 0.683. The Kier molecular flexibility index (Phi) is 2.38. The lowest BCUT2D eigenvalue weighted by atomic mass is 10.1. The first-order valence-corrected chi connectivity index (χ1v) is 5.74. The molecular weight excluding hydrogens is 214 g/mol. The van der Waals surface area contributed by atoms with Gasteiger partial charge in [0.25, 0.3) is 0 Å². The first-order chi connectivity index (χ1) is 8.28. The average Bonchev–Trinajstić information content (AvgIpc) is 2.93.